The smallest absolute Gasteiger partial charge is 0.338 e. The number of ether oxygens (including phenoxy) is 5. The van der Waals surface area contributed by atoms with Gasteiger partial charge in [0.1, 0.15) is 17.0 Å². The van der Waals surface area contributed by atoms with E-state index >= 15 is 0 Å². The Kier molecular flexibility index (Phi) is 8.64. The Morgan fingerprint density at radius 3 is 2.14 bits per heavy atom. The van der Waals surface area contributed by atoms with Crippen LogP contribution in [0.15, 0.2) is 72.0 Å². The summed E-state index contributed by atoms with van der Waals surface area (Å²) in [4.78, 5) is 42.6. The van der Waals surface area contributed by atoms with E-state index in [1.165, 1.54) is 7.11 Å². The SMILES string of the molecule is C=C1C(=O)[C@]2(OC(=O)C(C)=C2OC)[C@]2(CCC(=O)N2Cc2ccc(OC)cc2)C1CCCCOCc1ccc(OC)cc1. The van der Waals surface area contributed by atoms with E-state index in [1.807, 2.05) is 48.5 Å². The number of unbranched alkanes of at least 4 members (excludes halogenated alkanes) is 1. The zero-order valence-corrected chi connectivity index (χ0v) is 25.3. The van der Waals surface area contributed by atoms with Gasteiger partial charge in [-0.25, -0.2) is 4.79 Å². The van der Waals surface area contributed by atoms with Crippen LogP contribution in [0.2, 0.25) is 0 Å². The number of amides is 1. The molecule has 9 nitrogen and oxygen atoms in total. The fraction of sp³-hybridized carbons (Fsp3) is 0.441. The number of carbonyl (C=O) groups excluding carboxylic acids is 3. The highest BCUT2D eigenvalue weighted by atomic mass is 16.6. The van der Waals surface area contributed by atoms with Crippen molar-refractivity contribution in [3.8, 4) is 11.5 Å². The van der Waals surface area contributed by atoms with Crippen LogP contribution in [0.3, 0.4) is 0 Å². The molecule has 2 fully saturated rings. The summed E-state index contributed by atoms with van der Waals surface area (Å²) < 4.78 is 28.2. The Hall–Kier alpha value is -4.11. The zero-order valence-electron chi connectivity index (χ0n) is 25.3. The van der Waals surface area contributed by atoms with Gasteiger partial charge in [0, 0.05) is 25.5 Å². The lowest BCUT2D eigenvalue weighted by atomic mass is 9.71. The van der Waals surface area contributed by atoms with Gasteiger partial charge < -0.3 is 28.6 Å². The van der Waals surface area contributed by atoms with Crippen molar-refractivity contribution in [1.82, 2.24) is 4.90 Å². The molecular formula is C34H39NO8. The molecule has 1 amide bonds. The number of hydrogen-bond acceptors (Lipinski definition) is 8. The van der Waals surface area contributed by atoms with Gasteiger partial charge >= 0.3 is 5.97 Å². The molecule has 3 atom stereocenters. The molecule has 1 unspecified atom stereocenters. The molecular weight excluding hydrogens is 550 g/mol. The van der Waals surface area contributed by atoms with E-state index in [2.05, 4.69) is 6.58 Å². The Bertz CT molecular complexity index is 1430. The summed E-state index contributed by atoms with van der Waals surface area (Å²) >= 11 is 0. The molecule has 228 valence electrons. The third-order valence-corrected chi connectivity index (χ3v) is 9.10. The number of methoxy groups -OCH3 is 3. The van der Waals surface area contributed by atoms with Gasteiger partial charge in [-0.1, -0.05) is 37.3 Å². The van der Waals surface area contributed by atoms with Gasteiger partial charge in [0.2, 0.25) is 11.7 Å². The van der Waals surface area contributed by atoms with E-state index in [0.717, 1.165) is 29.7 Å². The van der Waals surface area contributed by atoms with Gasteiger partial charge in [0.05, 0.1) is 33.5 Å². The predicted molar refractivity (Wildman–Crippen MR) is 158 cm³/mol. The Morgan fingerprint density at radius 2 is 1.53 bits per heavy atom. The molecule has 5 rings (SSSR count). The van der Waals surface area contributed by atoms with Crippen LogP contribution in [-0.4, -0.2) is 61.6 Å². The number of fused-ring (bicyclic) bond motifs is 1. The lowest BCUT2D eigenvalue weighted by molar-refractivity contribution is -0.173. The Morgan fingerprint density at radius 1 is 0.907 bits per heavy atom. The highest BCUT2D eigenvalue weighted by Crippen LogP contribution is 2.61. The van der Waals surface area contributed by atoms with Crippen molar-refractivity contribution in [3.63, 3.8) is 0 Å². The van der Waals surface area contributed by atoms with E-state index in [4.69, 9.17) is 23.7 Å². The molecule has 2 aliphatic heterocycles. The summed E-state index contributed by atoms with van der Waals surface area (Å²) in [7, 11) is 4.66. The summed E-state index contributed by atoms with van der Waals surface area (Å²) in [6.07, 6.45) is 2.58. The number of likely N-dealkylation sites (tertiary alicyclic amines) is 1. The lowest BCUT2D eigenvalue weighted by Gasteiger charge is -2.47. The Labute approximate surface area is 252 Å². The lowest BCUT2D eigenvalue weighted by Crippen LogP contribution is -2.65. The number of rotatable bonds is 12. The van der Waals surface area contributed by atoms with Crippen LogP contribution in [0, 0.1) is 5.92 Å². The average molecular weight is 590 g/mol. The summed E-state index contributed by atoms with van der Waals surface area (Å²) in [5.74, 6) is 0.102. The monoisotopic (exact) mass is 589 g/mol. The minimum absolute atomic E-state index is 0.110. The van der Waals surface area contributed by atoms with Gasteiger partial charge in [0.25, 0.3) is 5.60 Å². The number of Topliss-reactive ketones (excluding diaryl/α,β-unsaturated/α-hetero) is 1. The van der Waals surface area contributed by atoms with Crippen molar-refractivity contribution in [1.29, 1.82) is 0 Å². The molecule has 1 saturated carbocycles. The second kappa shape index (κ2) is 12.2. The number of hydrogen-bond donors (Lipinski definition) is 0. The van der Waals surface area contributed by atoms with Gasteiger partial charge in [0.15, 0.2) is 5.76 Å². The normalized spacial score (nSPS) is 24.9. The van der Waals surface area contributed by atoms with Gasteiger partial charge in [-0.05, 0) is 67.2 Å². The first-order valence-electron chi connectivity index (χ1n) is 14.6. The fourth-order valence-electron chi connectivity index (χ4n) is 7.00. The number of benzene rings is 2. The highest BCUT2D eigenvalue weighted by molar-refractivity contribution is 6.14. The molecule has 1 saturated heterocycles. The summed E-state index contributed by atoms with van der Waals surface area (Å²) in [6.45, 7) is 7.06. The topological polar surface area (TPSA) is 101 Å². The highest BCUT2D eigenvalue weighted by Gasteiger charge is 2.78. The van der Waals surface area contributed by atoms with E-state index in [9.17, 15) is 14.4 Å². The number of carbonyl (C=O) groups is 3. The van der Waals surface area contributed by atoms with Crippen LogP contribution in [0.1, 0.15) is 50.2 Å². The molecule has 0 bridgehead atoms. The largest absolute Gasteiger partial charge is 0.497 e. The third-order valence-electron chi connectivity index (χ3n) is 9.10. The molecule has 2 aromatic rings. The van der Waals surface area contributed by atoms with Crippen molar-refractivity contribution in [2.75, 3.05) is 27.9 Å². The molecule has 9 heteroatoms. The summed E-state index contributed by atoms with van der Waals surface area (Å²) in [6, 6.07) is 15.2. The molecule has 2 heterocycles. The van der Waals surface area contributed by atoms with Gasteiger partial charge in [-0.2, -0.15) is 0 Å². The van der Waals surface area contributed by atoms with Crippen LogP contribution >= 0.6 is 0 Å². The predicted octanol–water partition coefficient (Wildman–Crippen LogP) is 4.92. The van der Waals surface area contributed by atoms with Gasteiger partial charge in [-0.15, -0.1) is 0 Å². The molecule has 3 aliphatic rings. The van der Waals surface area contributed by atoms with Crippen molar-refractivity contribution in [2.24, 2.45) is 5.92 Å². The maximum Gasteiger partial charge on any atom is 0.338 e. The van der Waals surface area contributed by atoms with E-state index in [1.54, 1.807) is 26.0 Å². The first kappa shape index (κ1) is 30.4. The maximum atomic E-state index is 14.2. The van der Waals surface area contributed by atoms with Gasteiger partial charge in [-0.3, -0.25) is 9.59 Å². The van der Waals surface area contributed by atoms with Crippen LogP contribution in [0.4, 0.5) is 0 Å². The molecule has 43 heavy (non-hydrogen) atoms. The van der Waals surface area contributed by atoms with E-state index in [0.29, 0.717) is 37.4 Å². The fourth-order valence-corrected chi connectivity index (χ4v) is 7.00. The zero-order chi connectivity index (χ0) is 30.8. The van der Waals surface area contributed by atoms with E-state index < -0.39 is 28.8 Å². The number of nitrogens with zero attached hydrogens (tertiary/aromatic N) is 1. The van der Waals surface area contributed by atoms with Crippen molar-refractivity contribution in [2.45, 2.75) is 63.3 Å². The molecule has 2 spiro atoms. The first-order valence-corrected chi connectivity index (χ1v) is 14.6. The number of esters is 1. The quantitative estimate of drug-likeness (QED) is 0.195. The third kappa shape index (κ3) is 4.99. The van der Waals surface area contributed by atoms with Crippen molar-refractivity contribution < 1.29 is 38.1 Å². The summed E-state index contributed by atoms with van der Waals surface area (Å²) in [5.41, 5.74) is -0.433. The van der Waals surface area contributed by atoms with Crippen LogP contribution in [0.25, 0.3) is 0 Å². The average Bonchev–Trinajstić information content (AvgIpc) is 3.55. The minimum atomic E-state index is -1.77. The Balaban J connectivity index is 1.40. The molecule has 1 aliphatic carbocycles. The van der Waals surface area contributed by atoms with Crippen molar-refractivity contribution in [3.05, 3.63) is 83.1 Å². The van der Waals surface area contributed by atoms with Crippen LogP contribution in [0.5, 0.6) is 11.5 Å². The molecule has 0 radical (unpaired) electrons. The second-order valence-electron chi connectivity index (χ2n) is 11.3. The van der Waals surface area contributed by atoms with Crippen LogP contribution in [-0.2, 0) is 41.7 Å². The molecule has 0 aromatic heterocycles. The molecule has 2 aromatic carbocycles. The minimum Gasteiger partial charge on any atom is -0.497 e. The molecule has 0 N–H and O–H groups in total. The number of ketones is 1. The van der Waals surface area contributed by atoms with Crippen molar-refractivity contribution >= 4 is 17.7 Å². The van der Waals surface area contributed by atoms with E-state index in [-0.39, 0.29) is 30.2 Å². The standard InChI is InChI=1S/C34H39NO8/c1-22-28(8-6-7-19-42-21-25-11-15-27(40-4)16-12-25)33(34(30(22)37)31(41-5)23(2)32(38)43-34)18-17-29(36)35(33)20-24-9-13-26(39-3)14-10-24/h9-16,28H,1,6-8,17-21H2,2-5H3/t28?,33-,34+/m0/s1. The second-order valence-corrected chi connectivity index (χ2v) is 11.3. The maximum absolute atomic E-state index is 14.2. The first-order chi connectivity index (χ1) is 20.7. The summed E-state index contributed by atoms with van der Waals surface area (Å²) in [5, 5.41) is 0. The van der Waals surface area contributed by atoms with Crippen LogP contribution < -0.4 is 9.47 Å².